The Balaban J connectivity index is 5.71. The molecule has 0 aromatic carbocycles. The fourth-order valence-corrected chi connectivity index (χ4v) is 12.3. The van der Waals surface area contributed by atoms with Gasteiger partial charge in [0, 0.05) is 38.3 Å². The molecule has 0 heterocycles. The molecular formula is C75H146N2O7. The maximum absolute atomic E-state index is 14.3. The van der Waals surface area contributed by atoms with Gasteiger partial charge in [-0.05, 0) is 115 Å². The summed E-state index contributed by atoms with van der Waals surface area (Å²) >= 11 is 0. The van der Waals surface area contributed by atoms with Gasteiger partial charge in [0.05, 0.1) is 19.8 Å². The highest BCUT2D eigenvalue weighted by Crippen LogP contribution is 2.25. The number of amides is 1. The number of nitrogens with zero attached hydrogens (tertiary/aromatic N) is 2. The van der Waals surface area contributed by atoms with Gasteiger partial charge >= 0.3 is 17.9 Å². The SMILES string of the molecule is CCCCCCCCCCC(CCCCCCCC)COC(=O)CCCCCC(CCCCCC(=O)OCC(CCCCCCCC)CCCCCCCCCC)N(CCCCCCCC(=O)OCC(CC)CCCC)C(=O)CCCN(C)C. The number of hydrogen-bond acceptors (Lipinski definition) is 8. The van der Waals surface area contributed by atoms with E-state index >= 15 is 0 Å². The predicted octanol–water partition coefficient (Wildman–Crippen LogP) is 22.4. The molecule has 0 aliphatic heterocycles. The minimum atomic E-state index is -0.0651. The molecule has 0 aromatic rings. The van der Waals surface area contributed by atoms with Gasteiger partial charge in [-0.25, -0.2) is 0 Å². The Kier molecular flexibility index (Phi) is 62.2. The van der Waals surface area contributed by atoms with Gasteiger partial charge in [0.25, 0.3) is 0 Å². The van der Waals surface area contributed by atoms with Crippen LogP contribution in [-0.4, -0.2) is 86.7 Å². The van der Waals surface area contributed by atoms with Gasteiger partial charge in [0.1, 0.15) is 0 Å². The molecule has 3 atom stereocenters. The third-order valence-electron chi connectivity index (χ3n) is 18.2. The third-order valence-corrected chi connectivity index (χ3v) is 18.2. The van der Waals surface area contributed by atoms with Gasteiger partial charge in [0.15, 0.2) is 0 Å². The molecule has 9 heteroatoms. The number of ether oxygens (including phenoxy) is 3. The predicted molar refractivity (Wildman–Crippen MR) is 361 cm³/mol. The molecule has 0 saturated carbocycles. The van der Waals surface area contributed by atoms with Crippen LogP contribution in [0.3, 0.4) is 0 Å². The fourth-order valence-electron chi connectivity index (χ4n) is 12.3. The molecule has 0 fully saturated rings. The lowest BCUT2D eigenvalue weighted by atomic mass is 9.94. The molecule has 0 saturated heterocycles. The number of carbonyl (C=O) groups is 4. The van der Waals surface area contributed by atoms with Crippen LogP contribution in [-0.2, 0) is 33.4 Å². The van der Waals surface area contributed by atoms with E-state index in [2.05, 4.69) is 65.4 Å². The zero-order valence-corrected chi connectivity index (χ0v) is 57.8. The first-order chi connectivity index (χ1) is 41.0. The first kappa shape index (κ1) is 81.8. The molecule has 498 valence electrons. The first-order valence-electron chi connectivity index (χ1n) is 37.5. The summed E-state index contributed by atoms with van der Waals surface area (Å²) < 4.78 is 17.7. The normalized spacial score (nSPS) is 13.1. The molecule has 0 radical (unpaired) electrons. The summed E-state index contributed by atoms with van der Waals surface area (Å²) in [4.78, 5) is 57.8. The maximum Gasteiger partial charge on any atom is 0.305 e. The lowest BCUT2D eigenvalue weighted by Gasteiger charge is -2.33. The van der Waals surface area contributed by atoms with Crippen LogP contribution < -0.4 is 0 Å². The molecule has 1 amide bonds. The van der Waals surface area contributed by atoms with Gasteiger partial charge in [-0.15, -0.1) is 0 Å². The largest absolute Gasteiger partial charge is 0.465 e. The monoisotopic (exact) mass is 1190 g/mol. The lowest BCUT2D eigenvalue weighted by Crippen LogP contribution is -2.41. The van der Waals surface area contributed by atoms with Crippen LogP contribution in [0.1, 0.15) is 388 Å². The highest BCUT2D eigenvalue weighted by molar-refractivity contribution is 5.76. The summed E-state index contributed by atoms with van der Waals surface area (Å²) in [6.45, 7) is 16.8. The summed E-state index contributed by atoms with van der Waals surface area (Å²) in [5.74, 6) is 1.50. The van der Waals surface area contributed by atoms with E-state index in [-0.39, 0.29) is 29.9 Å². The maximum atomic E-state index is 14.3. The lowest BCUT2D eigenvalue weighted by molar-refractivity contribution is -0.146. The van der Waals surface area contributed by atoms with E-state index in [0.29, 0.717) is 63.3 Å². The van der Waals surface area contributed by atoms with Gasteiger partial charge in [-0.3, -0.25) is 19.2 Å². The van der Waals surface area contributed by atoms with Crippen molar-refractivity contribution in [3.8, 4) is 0 Å². The van der Waals surface area contributed by atoms with Crippen molar-refractivity contribution in [1.82, 2.24) is 9.80 Å². The molecule has 3 unspecified atom stereocenters. The smallest absolute Gasteiger partial charge is 0.305 e. The van der Waals surface area contributed by atoms with Gasteiger partial charge in [-0.1, -0.05) is 286 Å². The summed E-state index contributed by atoms with van der Waals surface area (Å²) in [6.07, 6.45) is 60.9. The number of esters is 3. The van der Waals surface area contributed by atoms with Crippen molar-refractivity contribution in [1.29, 1.82) is 0 Å². The average molecular weight is 1190 g/mol. The Bertz CT molecular complexity index is 1360. The van der Waals surface area contributed by atoms with E-state index in [0.717, 1.165) is 116 Å². The first-order valence-corrected chi connectivity index (χ1v) is 37.5. The van der Waals surface area contributed by atoms with E-state index < -0.39 is 0 Å². The number of hydrogen-bond donors (Lipinski definition) is 0. The molecule has 0 aliphatic rings. The Morgan fingerprint density at radius 1 is 0.286 bits per heavy atom. The van der Waals surface area contributed by atoms with Crippen molar-refractivity contribution >= 4 is 23.8 Å². The molecule has 0 aromatic heterocycles. The number of unbranched alkanes of at least 4 members (excludes halogenated alkanes) is 33. The zero-order chi connectivity index (χ0) is 61.6. The Hall–Kier alpha value is -2.16. The standard InChI is InChI=1S/C75H146N2O7/c1-9-15-20-24-28-30-35-43-55-69(53-41-33-26-22-17-11-3)66-83-74(80)61-48-39-45-57-71(77(72(78)59-51-63-76(7)8)64-50-38-32-37-47-60-73(79)82-65-68(14-6)52-19-13-5)58-46-40-49-62-75(81)84-67-70(54-42-34-27-23-18-12-4)56-44-36-31-29-25-21-16-10-2/h68-71H,9-67H2,1-8H3. The fraction of sp³-hybridized carbons (Fsp3) is 0.947. The van der Waals surface area contributed by atoms with Crippen LogP contribution in [0.15, 0.2) is 0 Å². The highest BCUT2D eigenvalue weighted by Gasteiger charge is 2.24. The summed E-state index contributed by atoms with van der Waals surface area (Å²) in [5, 5.41) is 0. The van der Waals surface area contributed by atoms with Crippen molar-refractivity contribution < 1.29 is 33.4 Å². The van der Waals surface area contributed by atoms with Crippen LogP contribution in [0.25, 0.3) is 0 Å². The summed E-state index contributed by atoms with van der Waals surface area (Å²) in [7, 11) is 4.15. The molecule has 0 bridgehead atoms. The van der Waals surface area contributed by atoms with E-state index in [1.54, 1.807) is 0 Å². The van der Waals surface area contributed by atoms with Crippen molar-refractivity contribution in [3.05, 3.63) is 0 Å². The number of carbonyl (C=O) groups excluding carboxylic acids is 4. The second-order valence-corrected chi connectivity index (χ2v) is 26.7. The molecule has 84 heavy (non-hydrogen) atoms. The summed E-state index contributed by atoms with van der Waals surface area (Å²) in [6, 6.07) is 0.132. The van der Waals surface area contributed by atoms with Crippen molar-refractivity contribution in [3.63, 3.8) is 0 Å². The van der Waals surface area contributed by atoms with Crippen molar-refractivity contribution in [2.24, 2.45) is 17.8 Å². The minimum absolute atomic E-state index is 0.0482. The molecule has 0 rings (SSSR count). The van der Waals surface area contributed by atoms with Crippen LogP contribution in [0.2, 0.25) is 0 Å². The quantitative estimate of drug-likeness (QED) is 0.0337. The Labute approximate surface area is 523 Å². The average Bonchev–Trinajstić information content (AvgIpc) is 3.66. The molecule has 0 N–H and O–H groups in total. The number of rotatable bonds is 67. The van der Waals surface area contributed by atoms with Crippen molar-refractivity contribution in [2.45, 2.75) is 394 Å². The molecule has 0 aliphatic carbocycles. The second-order valence-electron chi connectivity index (χ2n) is 26.7. The summed E-state index contributed by atoms with van der Waals surface area (Å²) in [5.41, 5.74) is 0. The van der Waals surface area contributed by atoms with Gasteiger partial charge in [0.2, 0.25) is 5.91 Å². The zero-order valence-electron chi connectivity index (χ0n) is 57.8. The molecular weight excluding hydrogens is 1040 g/mol. The molecule has 0 spiro atoms. The topological polar surface area (TPSA) is 102 Å². The minimum Gasteiger partial charge on any atom is -0.465 e. The van der Waals surface area contributed by atoms with Gasteiger partial charge < -0.3 is 24.0 Å². The highest BCUT2D eigenvalue weighted by atomic mass is 16.5. The van der Waals surface area contributed by atoms with Crippen LogP contribution >= 0.6 is 0 Å². The third kappa shape index (κ3) is 55.2. The van der Waals surface area contributed by atoms with E-state index in [1.807, 2.05) is 0 Å². The van der Waals surface area contributed by atoms with E-state index in [4.69, 9.17) is 14.2 Å². The van der Waals surface area contributed by atoms with Crippen molar-refractivity contribution in [2.75, 3.05) is 47.0 Å². The van der Waals surface area contributed by atoms with Crippen LogP contribution in [0.5, 0.6) is 0 Å². The second kappa shape index (κ2) is 63.8. The van der Waals surface area contributed by atoms with Gasteiger partial charge in [-0.2, -0.15) is 0 Å². The van der Waals surface area contributed by atoms with E-state index in [1.165, 1.54) is 218 Å². The van der Waals surface area contributed by atoms with Crippen LogP contribution in [0.4, 0.5) is 0 Å². The Morgan fingerprint density at radius 3 is 0.917 bits per heavy atom. The molecule has 9 nitrogen and oxygen atoms in total. The van der Waals surface area contributed by atoms with E-state index in [9.17, 15) is 19.2 Å². The van der Waals surface area contributed by atoms with Crippen LogP contribution in [0, 0.1) is 17.8 Å². The Morgan fingerprint density at radius 2 is 0.571 bits per heavy atom.